The molecule has 1 heterocycles. The van der Waals surface area contributed by atoms with Crippen molar-refractivity contribution >= 4 is 11.8 Å². The van der Waals surface area contributed by atoms with Gasteiger partial charge >= 0.3 is 0 Å². The van der Waals surface area contributed by atoms with Crippen molar-refractivity contribution in [3.63, 3.8) is 0 Å². The fourth-order valence-electron chi connectivity index (χ4n) is 3.16. The highest BCUT2D eigenvalue weighted by Crippen LogP contribution is 2.41. The lowest BCUT2D eigenvalue weighted by molar-refractivity contribution is -0.162. The molecule has 0 spiro atoms. The fraction of sp³-hybridized carbons (Fsp3) is 0.333. The number of rotatable bonds is 7. The van der Waals surface area contributed by atoms with E-state index < -0.39 is 17.6 Å². The first-order valence-electron chi connectivity index (χ1n) is 9.18. The molecule has 0 aromatic heterocycles. The van der Waals surface area contributed by atoms with Crippen LogP contribution in [-0.2, 0) is 20.0 Å². The van der Waals surface area contributed by atoms with Gasteiger partial charge in [-0.1, -0.05) is 42.5 Å². The molecular formula is C21H24FN3O3. The third-order valence-electron chi connectivity index (χ3n) is 4.76. The summed E-state index contributed by atoms with van der Waals surface area (Å²) in [5.74, 6) is -0.804. The first-order valence-corrected chi connectivity index (χ1v) is 9.18. The van der Waals surface area contributed by atoms with Crippen molar-refractivity contribution < 1.29 is 18.7 Å². The van der Waals surface area contributed by atoms with E-state index in [0.717, 1.165) is 5.56 Å². The standard InChI is InChI=1S/C21H24FN3O3/c1-15(27-2)20(26)25-21(13-8-14-23,16-9-4-3-5-10-16)28-19(24-25)17-11-6-7-12-18(17)22/h3-7,9-12,15H,8,13-14,23H2,1-2H3/t15-,21?/m0/s1. The van der Waals surface area contributed by atoms with Gasteiger partial charge in [0, 0.05) is 19.1 Å². The molecule has 0 radical (unpaired) electrons. The van der Waals surface area contributed by atoms with Crippen LogP contribution in [0.25, 0.3) is 0 Å². The fourth-order valence-corrected chi connectivity index (χ4v) is 3.16. The van der Waals surface area contributed by atoms with Crippen LogP contribution < -0.4 is 5.73 Å². The first kappa shape index (κ1) is 20.0. The Morgan fingerprint density at radius 3 is 2.57 bits per heavy atom. The summed E-state index contributed by atoms with van der Waals surface area (Å²) >= 11 is 0. The average molecular weight is 385 g/mol. The molecule has 0 aliphatic carbocycles. The van der Waals surface area contributed by atoms with Crippen molar-refractivity contribution in [1.29, 1.82) is 0 Å². The zero-order chi connectivity index (χ0) is 20.1. The van der Waals surface area contributed by atoms with Crippen LogP contribution in [0, 0.1) is 5.82 Å². The van der Waals surface area contributed by atoms with Crippen molar-refractivity contribution in [2.75, 3.05) is 13.7 Å². The van der Waals surface area contributed by atoms with E-state index in [4.69, 9.17) is 15.2 Å². The van der Waals surface area contributed by atoms with Crippen molar-refractivity contribution in [2.45, 2.75) is 31.6 Å². The number of nitrogens with zero attached hydrogens (tertiary/aromatic N) is 2. The minimum absolute atomic E-state index is 0.0515. The van der Waals surface area contributed by atoms with E-state index in [0.29, 0.717) is 19.4 Å². The smallest absolute Gasteiger partial charge is 0.275 e. The molecule has 1 aliphatic heterocycles. The lowest BCUT2D eigenvalue weighted by Gasteiger charge is -2.36. The van der Waals surface area contributed by atoms with Gasteiger partial charge in [-0.2, -0.15) is 5.01 Å². The molecule has 2 aromatic rings. The molecule has 0 saturated heterocycles. The quantitative estimate of drug-likeness (QED) is 0.795. The summed E-state index contributed by atoms with van der Waals surface area (Å²) in [6.07, 6.45) is 0.241. The summed E-state index contributed by atoms with van der Waals surface area (Å²) in [5, 5.41) is 5.66. The maximum atomic E-state index is 14.4. The number of hydrazone groups is 1. The average Bonchev–Trinajstić information content (AvgIpc) is 3.12. The highest BCUT2D eigenvalue weighted by molar-refractivity contribution is 5.97. The van der Waals surface area contributed by atoms with Crippen LogP contribution >= 0.6 is 0 Å². The number of carbonyl (C=O) groups excluding carboxylic acids is 1. The van der Waals surface area contributed by atoms with Crippen LogP contribution in [0.2, 0.25) is 0 Å². The summed E-state index contributed by atoms with van der Waals surface area (Å²) < 4.78 is 25.8. The number of nitrogens with two attached hydrogens (primary N) is 1. The number of hydrogen-bond acceptors (Lipinski definition) is 5. The van der Waals surface area contributed by atoms with Crippen LogP contribution in [0.3, 0.4) is 0 Å². The molecule has 1 aliphatic rings. The topological polar surface area (TPSA) is 77.1 Å². The molecule has 2 aromatic carbocycles. The number of benzene rings is 2. The van der Waals surface area contributed by atoms with E-state index in [9.17, 15) is 9.18 Å². The highest BCUT2D eigenvalue weighted by atomic mass is 19.1. The SMILES string of the molecule is CO[C@@H](C)C(=O)N1N=C(c2ccccc2F)OC1(CCCN)c1ccccc1. The van der Waals surface area contributed by atoms with Crippen molar-refractivity contribution in [3.05, 3.63) is 71.5 Å². The second-order valence-electron chi connectivity index (χ2n) is 6.56. The molecule has 7 heteroatoms. The van der Waals surface area contributed by atoms with Gasteiger partial charge in [0.25, 0.3) is 5.91 Å². The second kappa shape index (κ2) is 8.50. The van der Waals surface area contributed by atoms with Crippen LogP contribution in [0.15, 0.2) is 59.7 Å². The second-order valence-corrected chi connectivity index (χ2v) is 6.56. The first-order chi connectivity index (χ1) is 13.5. The van der Waals surface area contributed by atoms with E-state index in [1.807, 2.05) is 30.3 Å². The van der Waals surface area contributed by atoms with Crippen molar-refractivity contribution in [3.8, 4) is 0 Å². The summed E-state index contributed by atoms with van der Waals surface area (Å²) in [7, 11) is 1.45. The lowest BCUT2D eigenvalue weighted by Crippen LogP contribution is -2.48. The van der Waals surface area contributed by atoms with Gasteiger partial charge in [0.15, 0.2) is 0 Å². The van der Waals surface area contributed by atoms with Gasteiger partial charge in [0.2, 0.25) is 11.6 Å². The van der Waals surface area contributed by atoms with E-state index in [1.165, 1.54) is 18.2 Å². The Labute approximate surface area is 163 Å². The maximum Gasteiger partial charge on any atom is 0.275 e. The zero-order valence-electron chi connectivity index (χ0n) is 16.0. The van der Waals surface area contributed by atoms with Crippen LogP contribution in [0.1, 0.15) is 30.9 Å². The van der Waals surface area contributed by atoms with E-state index in [2.05, 4.69) is 5.10 Å². The molecule has 0 fully saturated rings. The van der Waals surface area contributed by atoms with Crippen LogP contribution in [0.4, 0.5) is 4.39 Å². The minimum Gasteiger partial charge on any atom is -0.443 e. The molecule has 2 N–H and O–H groups in total. The monoisotopic (exact) mass is 385 g/mol. The van der Waals surface area contributed by atoms with Crippen molar-refractivity contribution in [2.24, 2.45) is 10.8 Å². The van der Waals surface area contributed by atoms with Crippen molar-refractivity contribution in [1.82, 2.24) is 5.01 Å². The van der Waals surface area contributed by atoms with Crippen LogP contribution in [-0.4, -0.2) is 36.6 Å². The van der Waals surface area contributed by atoms with Gasteiger partial charge in [-0.25, -0.2) is 4.39 Å². The van der Waals surface area contributed by atoms with E-state index in [-0.39, 0.29) is 17.4 Å². The summed E-state index contributed by atoms with van der Waals surface area (Å²) in [5.41, 5.74) is 5.44. The zero-order valence-corrected chi connectivity index (χ0v) is 16.0. The number of amides is 1. The predicted octanol–water partition coefficient (Wildman–Crippen LogP) is 2.97. The van der Waals surface area contributed by atoms with Gasteiger partial charge in [-0.15, -0.1) is 5.10 Å². The normalized spacial score (nSPS) is 19.9. The molecule has 1 amide bonds. The van der Waals surface area contributed by atoms with Gasteiger partial charge in [-0.05, 0) is 32.0 Å². The molecule has 1 unspecified atom stereocenters. The predicted molar refractivity (Wildman–Crippen MR) is 104 cm³/mol. The summed E-state index contributed by atoms with van der Waals surface area (Å²) in [6.45, 7) is 2.05. The van der Waals surface area contributed by atoms with Gasteiger partial charge < -0.3 is 15.2 Å². The number of halogens is 1. The molecule has 148 valence electrons. The molecule has 6 nitrogen and oxygen atoms in total. The Kier molecular flexibility index (Phi) is 6.06. The Morgan fingerprint density at radius 2 is 1.93 bits per heavy atom. The Morgan fingerprint density at radius 1 is 1.25 bits per heavy atom. The van der Waals surface area contributed by atoms with E-state index >= 15 is 0 Å². The van der Waals surface area contributed by atoms with E-state index in [1.54, 1.807) is 25.1 Å². The maximum absolute atomic E-state index is 14.4. The number of carbonyl (C=O) groups is 1. The third-order valence-corrected chi connectivity index (χ3v) is 4.76. The minimum atomic E-state index is -1.22. The molecule has 28 heavy (non-hydrogen) atoms. The molecule has 0 bridgehead atoms. The lowest BCUT2D eigenvalue weighted by atomic mass is 9.96. The highest BCUT2D eigenvalue weighted by Gasteiger charge is 2.50. The molecule has 2 atom stereocenters. The Bertz CT molecular complexity index is 859. The molecule has 3 rings (SSSR count). The Hall–Kier alpha value is -2.77. The van der Waals surface area contributed by atoms with Gasteiger partial charge in [0.05, 0.1) is 5.56 Å². The third kappa shape index (κ3) is 3.63. The summed E-state index contributed by atoms with van der Waals surface area (Å²) in [6, 6.07) is 15.5. The van der Waals surface area contributed by atoms with Gasteiger partial charge in [0.1, 0.15) is 11.9 Å². The molecule has 0 saturated carbocycles. The summed E-state index contributed by atoms with van der Waals surface area (Å²) in [4.78, 5) is 13.1. The van der Waals surface area contributed by atoms with Crippen LogP contribution in [0.5, 0.6) is 0 Å². The largest absolute Gasteiger partial charge is 0.443 e. The molecular weight excluding hydrogens is 361 g/mol. The number of methoxy groups -OCH3 is 1. The number of ether oxygens (including phenoxy) is 2. The van der Waals surface area contributed by atoms with Gasteiger partial charge in [-0.3, -0.25) is 4.79 Å². The number of hydrogen-bond donors (Lipinski definition) is 1. The Balaban J connectivity index is 2.13.